The van der Waals surface area contributed by atoms with Gasteiger partial charge in [-0.1, -0.05) is 0 Å². The molecule has 0 spiro atoms. The van der Waals surface area contributed by atoms with Crippen molar-refractivity contribution in [2.24, 2.45) is 0 Å². The lowest BCUT2D eigenvalue weighted by Crippen LogP contribution is -2.15. The van der Waals surface area contributed by atoms with Crippen molar-refractivity contribution in [2.45, 2.75) is 6.43 Å². The van der Waals surface area contributed by atoms with E-state index in [1.165, 1.54) is 0 Å². The second kappa shape index (κ2) is 2.88. The molecule has 3 N–H and O–H groups in total. The Morgan fingerprint density at radius 3 is 2.58 bits per heavy atom. The van der Waals surface area contributed by atoms with Gasteiger partial charge in [0.05, 0.1) is 5.56 Å². The number of hydrogen-bond acceptors (Lipinski definition) is 2. The molecule has 0 aliphatic carbocycles. The van der Waals surface area contributed by atoms with Gasteiger partial charge in [-0.2, -0.15) is 0 Å². The first kappa shape index (κ1) is 8.63. The van der Waals surface area contributed by atoms with Gasteiger partial charge in [0.1, 0.15) is 5.82 Å². The van der Waals surface area contributed by atoms with Crippen LogP contribution >= 0.6 is 0 Å². The zero-order valence-electron chi connectivity index (χ0n) is 5.77. The third-order valence-electron chi connectivity index (χ3n) is 1.26. The Bertz CT molecular complexity index is 347. The molecule has 0 amide bonds. The summed E-state index contributed by atoms with van der Waals surface area (Å²) in [6.07, 6.45) is -3.03. The van der Waals surface area contributed by atoms with E-state index in [-0.39, 0.29) is 5.82 Å². The molecule has 1 aromatic rings. The number of anilines is 1. The van der Waals surface area contributed by atoms with Crippen molar-refractivity contribution >= 4 is 5.82 Å². The Hall–Kier alpha value is -1.46. The highest BCUT2D eigenvalue weighted by Gasteiger charge is 2.16. The maximum atomic E-state index is 12.6. The van der Waals surface area contributed by atoms with Crippen molar-refractivity contribution in [1.82, 2.24) is 4.98 Å². The Morgan fingerprint density at radius 1 is 1.50 bits per heavy atom. The molecule has 0 saturated carbocycles. The molecule has 0 aromatic carbocycles. The summed E-state index contributed by atoms with van der Waals surface area (Å²) < 4.78 is 36.4. The smallest absolute Gasteiger partial charge is 0.286 e. The number of halogens is 3. The summed E-state index contributed by atoms with van der Waals surface area (Å²) in [6, 6.07) is 0.696. The summed E-state index contributed by atoms with van der Waals surface area (Å²) in [6.45, 7) is 0. The number of nitrogens with one attached hydrogen (secondary N) is 1. The van der Waals surface area contributed by atoms with Crippen molar-refractivity contribution in [2.75, 3.05) is 5.73 Å². The molecular formula is C6H5F3N2O. The van der Waals surface area contributed by atoms with E-state index in [4.69, 9.17) is 5.73 Å². The Labute approximate surface area is 65.0 Å². The van der Waals surface area contributed by atoms with E-state index in [0.29, 0.717) is 6.07 Å². The average Bonchev–Trinajstić information content (AvgIpc) is 1.96. The molecule has 0 bridgehead atoms. The van der Waals surface area contributed by atoms with Gasteiger partial charge in [0.25, 0.3) is 12.0 Å². The lowest BCUT2D eigenvalue weighted by molar-refractivity contribution is 0.146. The first-order chi connectivity index (χ1) is 5.52. The molecule has 1 heterocycles. The number of alkyl halides is 2. The lowest BCUT2D eigenvalue weighted by atomic mass is 10.2. The van der Waals surface area contributed by atoms with Crippen LogP contribution in [0.1, 0.15) is 12.0 Å². The summed E-state index contributed by atoms with van der Waals surface area (Å²) in [5, 5.41) is 0. The maximum absolute atomic E-state index is 12.6. The van der Waals surface area contributed by atoms with Crippen LogP contribution in [0.2, 0.25) is 0 Å². The number of aromatic amines is 1. The van der Waals surface area contributed by atoms with Crippen LogP contribution in [0, 0.1) is 5.82 Å². The summed E-state index contributed by atoms with van der Waals surface area (Å²) in [5.74, 6) is -1.77. The molecule has 12 heavy (non-hydrogen) atoms. The van der Waals surface area contributed by atoms with Crippen molar-refractivity contribution in [3.8, 4) is 0 Å². The first-order valence-electron chi connectivity index (χ1n) is 2.98. The summed E-state index contributed by atoms with van der Waals surface area (Å²) in [7, 11) is 0. The molecule has 6 heteroatoms. The van der Waals surface area contributed by atoms with Gasteiger partial charge in [-0.25, -0.2) is 13.2 Å². The van der Waals surface area contributed by atoms with Crippen LogP contribution in [-0.4, -0.2) is 4.98 Å². The van der Waals surface area contributed by atoms with Crippen LogP contribution in [-0.2, 0) is 0 Å². The second-order valence-electron chi connectivity index (χ2n) is 2.12. The highest BCUT2D eigenvalue weighted by atomic mass is 19.3. The van der Waals surface area contributed by atoms with E-state index in [1.54, 1.807) is 0 Å². The van der Waals surface area contributed by atoms with Gasteiger partial charge >= 0.3 is 0 Å². The number of hydrogen-bond donors (Lipinski definition) is 2. The Morgan fingerprint density at radius 2 is 2.08 bits per heavy atom. The van der Waals surface area contributed by atoms with E-state index in [2.05, 4.69) is 0 Å². The molecule has 3 nitrogen and oxygen atoms in total. The monoisotopic (exact) mass is 178 g/mol. The third kappa shape index (κ3) is 1.41. The number of H-pyrrole nitrogens is 1. The predicted octanol–water partition coefficient (Wildman–Crippen LogP) is 1.03. The fourth-order valence-corrected chi connectivity index (χ4v) is 0.743. The average molecular weight is 178 g/mol. The Balaban J connectivity index is 3.38. The van der Waals surface area contributed by atoms with Gasteiger partial charge in [0.2, 0.25) is 0 Å². The molecule has 0 radical (unpaired) electrons. The second-order valence-corrected chi connectivity index (χ2v) is 2.12. The molecular weight excluding hydrogens is 173 g/mol. The molecule has 0 atom stereocenters. The standard InChI is InChI=1S/C6H5F3N2O/c7-4-2(5(8)9)1-3(10)11-6(4)12/h1,5H,(H3,10,11,12). The van der Waals surface area contributed by atoms with E-state index in [1.807, 2.05) is 4.98 Å². The summed E-state index contributed by atoms with van der Waals surface area (Å²) in [5.41, 5.74) is 2.80. The minimum Gasteiger partial charge on any atom is -0.385 e. The first-order valence-corrected chi connectivity index (χ1v) is 2.98. The third-order valence-corrected chi connectivity index (χ3v) is 1.26. The van der Waals surface area contributed by atoms with Crippen molar-refractivity contribution in [3.05, 3.63) is 27.8 Å². The molecule has 0 saturated heterocycles. The van der Waals surface area contributed by atoms with Crippen LogP contribution in [0.5, 0.6) is 0 Å². The van der Waals surface area contributed by atoms with Gasteiger partial charge in [0.15, 0.2) is 5.82 Å². The topological polar surface area (TPSA) is 58.9 Å². The molecule has 0 aliphatic rings. The molecule has 66 valence electrons. The van der Waals surface area contributed by atoms with E-state index < -0.39 is 23.4 Å². The zero-order chi connectivity index (χ0) is 9.30. The number of nitrogens with two attached hydrogens (primary N) is 1. The van der Waals surface area contributed by atoms with Gasteiger partial charge in [-0.15, -0.1) is 0 Å². The molecule has 1 aromatic heterocycles. The fourth-order valence-electron chi connectivity index (χ4n) is 0.743. The van der Waals surface area contributed by atoms with Crippen molar-refractivity contribution < 1.29 is 13.2 Å². The normalized spacial score (nSPS) is 10.7. The molecule has 0 unspecified atom stereocenters. The van der Waals surface area contributed by atoms with Crippen molar-refractivity contribution in [3.63, 3.8) is 0 Å². The van der Waals surface area contributed by atoms with Crippen LogP contribution < -0.4 is 11.3 Å². The lowest BCUT2D eigenvalue weighted by Gasteiger charge is -2.01. The summed E-state index contributed by atoms with van der Waals surface area (Å²) >= 11 is 0. The van der Waals surface area contributed by atoms with E-state index >= 15 is 0 Å². The maximum Gasteiger partial charge on any atom is 0.286 e. The van der Waals surface area contributed by atoms with Crippen LogP contribution in [0.25, 0.3) is 0 Å². The SMILES string of the molecule is Nc1cc(C(F)F)c(F)c(=O)[nH]1. The van der Waals surface area contributed by atoms with Crippen LogP contribution in [0.4, 0.5) is 19.0 Å². The largest absolute Gasteiger partial charge is 0.385 e. The quantitative estimate of drug-likeness (QED) is 0.674. The van der Waals surface area contributed by atoms with Crippen LogP contribution in [0.15, 0.2) is 10.9 Å². The minimum absolute atomic E-state index is 0.281. The number of aromatic nitrogens is 1. The highest BCUT2D eigenvalue weighted by molar-refractivity contribution is 5.33. The minimum atomic E-state index is -3.03. The number of rotatable bonds is 1. The summed E-state index contributed by atoms with van der Waals surface area (Å²) in [4.78, 5) is 12.4. The van der Waals surface area contributed by atoms with Crippen molar-refractivity contribution in [1.29, 1.82) is 0 Å². The van der Waals surface area contributed by atoms with Crippen LogP contribution in [0.3, 0.4) is 0 Å². The fraction of sp³-hybridized carbons (Fsp3) is 0.167. The number of nitrogen functional groups attached to an aromatic ring is 1. The molecule has 1 rings (SSSR count). The number of pyridine rings is 1. The zero-order valence-corrected chi connectivity index (χ0v) is 5.77. The van der Waals surface area contributed by atoms with Gasteiger partial charge < -0.3 is 10.7 Å². The van der Waals surface area contributed by atoms with E-state index in [9.17, 15) is 18.0 Å². The predicted molar refractivity (Wildman–Crippen MR) is 36.4 cm³/mol. The highest BCUT2D eigenvalue weighted by Crippen LogP contribution is 2.20. The van der Waals surface area contributed by atoms with Gasteiger partial charge in [-0.05, 0) is 6.07 Å². The Kier molecular flexibility index (Phi) is 2.07. The van der Waals surface area contributed by atoms with E-state index in [0.717, 1.165) is 0 Å². The molecule has 0 fully saturated rings. The molecule has 0 aliphatic heterocycles. The van der Waals surface area contributed by atoms with Gasteiger partial charge in [0, 0.05) is 0 Å². The van der Waals surface area contributed by atoms with Gasteiger partial charge in [-0.3, -0.25) is 4.79 Å².